The Kier molecular flexibility index (Phi) is 4.10. The van der Waals surface area contributed by atoms with Crippen LogP contribution < -0.4 is 5.46 Å². The van der Waals surface area contributed by atoms with Gasteiger partial charge in [-0.15, -0.1) is 0 Å². The van der Waals surface area contributed by atoms with Gasteiger partial charge in [0.1, 0.15) is 0 Å². The lowest BCUT2D eigenvalue weighted by Gasteiger charge is -2.04. The van der Waals surface area contributed by atoms with Crippen LogP contribution in [0, 0.1) is 11.3 Å². The van der Waals surface area contributed by atoms with Gasteiger partial charge in [-0.05, 0) is 11.0 Å². The highest BCUT2D eigenvalue weighted by molar-refractivity contribution is 6.60. The van der Waals surface area contributed by atoms with E-state index < -0.39 is 7.12 Å². The monoisotopic (exact) mass is 193 g/mol. The standard InChI is InChI=1S/C8H8BNO4/c10-6-5-7-1-3-8(4-2-7)9(13-11)14-12/h1-4,11-12H,5H2. The van der Waals surface area contributed by atoms with Crippen molar-refractivity contribution >= 4 is 12.6 Å². The van der Waals surface area contributed by atoms with Crippen molar-refractivity contribution in [3.05, 3.63) is 29.8 Å². The van der Waals surface area contributed by atoms with E-state index in [2.05, 4.69) is 9.61 Å². The molecule has 0 aliphatic rings. The molecule has 0 atom stereocenters. The van der Waals surface area contributed by atoms with Crippen molar-refractivity contribution in [3.8, 4) is 6.07 Å². The molecule has 0 bridgehead atoms. The lowest BCUT2D eigenvalue weighted by Crippen LogP contribution is -2.34. The average Bonchev–Trinajstić information content (AvgIpc) is 2.23. The first-order valence-electron chi connectivity index (χ1n) is 3.88. The molecule has 0 fully saturated rings. The van der Waals surface area contributed by atoms with Gasteiger partial charge in [0, 0.05) is 0 Å². The van der Waals surface area contributed by atoms with Crippen molar-refractivity contribution in [1.82, 2.24) is 0 Å². The van der Waals surface area contributed by atoms with Gasteiger partial charge in [0.2, 0.25) is 0 Å². The molecular weight excluding hydrogens is 185 g/mol. The third-order valence-electron chi connectivity index (χ3n) is 1.73. The number of hydrogen-bond donors (Lipinski definition) is 2. The van der Waals surface area contributed by atoms with Crippen molar-refractivity contribution in [1.29, 1.82) is 5.26 Å². The maximum Gasteiger partial charge on any atom is 0.554 e. The smallest absolute Gasteiger partial charge is 0.264 e. The summed E-state index contributed by atoms with van der Waals surface area (Å²) >= 11 is 0. The normalized spacial score (nSPS) is 9.50. The second-order valence-electron chi connectivity index (χ2n) is 2.62. The number of nitrogens with zero attached hydrogens (tertiary/aromatic N) is 1. The maximum absolute atomic E-state index is 8.41. The Bertz CT molecular complexity index is 317. The molecule has 1 aromatic rings. The van der Waals surface area contributed by atoms with E-state index in [9.17, 15) is 0 Å². The van der Waals surface area contributed by atoms with E-state index in [0.29, 0.717) is 11.9 Å². The summed E-state index contributed by atoms with van der Waals surface area (Å²) in [7, 11) is -1.22. The molecule has 0 radical (unpaired) electrons. The molecule has 72 valence electrons. The molecule has 0 spiro atoms. The van der Waals surface area contributed by atoms with Crippen LogP contribution in [-0.2, 0) is 16.0 Å². The van der Waals surface area contributed by atoms with E-state index >= 15 is 0 Å². The van der Waals surface area contributed by atoms with E-state index in [1.165, 1.54) is 0 Å². The number of hydrogen-bond acceptors (Lipinski definition) is 5. The quantitative estimate of drug-likeness (QED) is 0.411. The van der Waals surface area contributed by atoms with E-state index in [0.717, 1.165) is 5.56 Å². The zero-order valence-electron chi connectivity index (χ0n) is 7.25. The first-order valence-corrected chi connectivity index (χ1v) is 3.88. The molecule has 0 aliphatic heterocycles. The zero-order chi connectivity index (χ0) is 10.4. The summed E-state index contributed by atoms with van der Waals surface area (Å²) in [6.07, 6.45) is 0.310. The molecule has 1 rings (SSSR count). The summed E-state index contributed by atoms with van der Waals surface area (Å²) in [6.45, 7) is 0. The highest BCUT2D eigenvalue weighted by Crippen LogP contribution is 1.98. The Morgan fingerprint density at radius 1 is 1.21 bits per heavy atom. The molecule has 0 heterocycles. The Hall–Kier alpha value is -1.39. The highest BCUT2D eigenvalue weighted by atomic mass is 17.2. The third-order valence-corrected chi connectivity index (χ3v) is 1.73. The van der Waals surface area contributed by atoms with Crippen molar-refractivity contribution in [2.24, 2.45) is 0 Å². The van der Waals surface area contributed by atoms with Gasteiger partial charge >= 0.3 is 7.12 Å². The summed E-state index contributed by atoms with van der Waals surface area (Å²) in [4.78, 5) is 7.70. The maximum atomic E-state index is 8.41. The van der Waals surface area contributed by atoms with Crippen LogP contribution in [-0.4, -0.2) is 17.6 Å². The zero-order valence-corrected chi connectivity index (χ0v) is 7.25. The van der Waals surface area contributed by atoms with Crippen LogP contribution in [0.5, 0.6) is 0 Å². The van der Waals surface area contributed by atoms with Gasteiger partial charge in [-0.3, -0.25) is 20.1 Å². The van der Waals surface area contributed by atoms with E-state index in [1.54, 1.807) is 24.3 Å². The Morgan fingerprint density at radius 2 is 1.79 bits per heavy atom. The lowest BCUT2D eigenvalue weighted by molar-refractivity contribution is -0.221. The van der Waals surface area contributed by atoms with Crippen molar-refractivity contribution in [2.75, 3.05) is 0 Å². The predicted molar refractivity (Wildman–Crippen MR) is 48.6 cm³/mol. The molecule has 1 aromatic carbocycles. The largest absolute Gasteiger partial charge is 0.554 e. The van der Waals surface area contributed by atoms with Gasteiger partial charge in [0.15, 0.2) is 0 Å². The van der Waals surface area contributed by atoms with Gasteiger partial charge in [-0.1, -0.05) is 24.3 Å². The SMILES string of the molecule is N#CCc1ccc(B(OO)OO)cc1. The van der Waals surface area contributed by atoms with E-state index in [1.807, 2.05) is 6.07 Å². The second-order valence-corrected chi connectivity index (χ2v) is 2.62. The van der Waals surface area contributed by atoms with Crippen molar-refractivity contribution in [2.45, 2.75) is 6.42 Å². The molecule has 0 amide bonds. The minimum Gasteiger partial charge on any atom is -0.264 e. The first-order chi connectivity index (χ1) is 6.81. The predicted octanol–water partition coefficient (Wildman–Crippen LogP) is 0.427. The Labute approximate surface area is 81.1 Å². The van der Waals surface area contributed by atoms with Crippen molar-refractivity contribution in [3.63, 3.8) is 0 Å². The number of rotatable bonds is 4. The molecule has 0 unspecified atom stereocenters. The van der Waals surface area contributed by atoms with Crippen LogP contribution in [0.25, 0.3) is 0 Å². The lowest BCUT2D eigenvalue weighted by atomic mass is 9.79. The summed E-state index contributed by atoms with van der Waals surface area (Å²) < 4.78 is 0. The highest BCUT2D eigenvalue weighted by Gasteiger charge is 2.21. The number of nitriles is 1. The molecule has 6 heteroatoms. The van der Waals surface area contributed by atoms with Gasteiger partial charge in [0.25, 0.3) is 0 Å². The minimum atomic E-state index is -1.22. The summed E-state index contributed by atoms with van der Waals surface area (Å²) in [5.74, 6) is 0. The fourth-order valence-corrected chi connectivity index (χ4v) is 1.02. The van der Waals surface area contributed by atoms with Gasteiger partial charge in [-0.2, -0.15) is 5.26 Å². The van der Waals surface area contributed by atoms with Crippen LogP contribution >= 0.6 is 0 Å². The van der Waals surface area contributed by atoms with Crippen LogP contribution in [0.15, 0.2) is 24.3 Å². The van der Waals surface area contributed by atoms with Gasteiger partial charge in [-0.25, -0.2) is 0 Å². The molecular formula is C8H8BNO4. The van der Waals surface area contributed by atoms with Crippen LogP contribution in [0.3, 0.4) is 0 Å². The molecule has 0 aliphatic carbocycles. The fraction of sp³-hybridized carbons (Fsp3) is 0.125. The topological polar surface area (TPSA) is 82.7 Å². The summed E-state index contributed by atoms with van der Waals surface area (Å²) in [6, 6.07) is 8.54. The average molecular weight is 193 g/mol. The summed E-state index contributed by atoms with van der Waals surface area (Å²) in [5, 5.41) is 25.0. The van der Waals surface area contributed by atoms with Crippen LogP contribution in [0.4, 0.5) is 0 Å². The van der Waals surface area contributed by atoms with Gasteiger partial charge < -0.3 is 0 Å². The van der Waals surface area contributed by atoms with E-state index in [4.69, 9.17) is 15.8 Å². The van der Waals surface area contributed by atoms with Gasteiger partial charge in [0.05, 0.1) is 12.5 Å². The fourth-order valence-electron chi connectivity index (χ4n) is 1.02. The number of benzene rings is 1. The first kappa shape index (κ1) is 10.7. The van der Waals surface area contributed by atoms with Crippen LogP contribution in [0.2, 0.25) is 0 Å². The Balaban J connectivity index is 2.77. The van der Waals surface area contributed by atoms with Crippen LogP contribution in [0.1, 0.15) is 5.56 Å². The molecule has 2 N–H and O–H groups in total. The third kappa shape index (κ3) is 2.55. The summed E-state index contributed by atoms with van der Waals surface area (Å²) in [5.41, 5.74) is 1.29. The molecule has 0 saturated carbocycles. The molecule has 14 heavy (non-hydrogen) atoms. The minimum absolute atomic E-state index is 0.310. The Morgan fingerprint density at radius 3 is 2.21 bits per heavy atom. The molecule has 5 nitrogen and oxygen atoms in total. The second kappa shape index (κ2) is 5.37. The molecule has 0 saturated heterocycles. The van der Waals surface area contributed by atoms with E-state index in [-0.39, 0.29) is 0 Å². The van der Waals surface area contributed by atoms with Crippen molar-refractivity contribution < 1.29 is 20.1 Å². The molecule has 0 aromatic heterocycles.